The lowest BCUT2D eigenvalue weighted by atomic mass is 10.2. The number of halogens is 3. The minimum absolute atomic E-state index is 0.400. The molecule has 1 aliphatic heterocycles. The first kappa shape index (κ1) is 18.8. The van der Waals surface area contributed by atoms with Crippen molar-refractivity contribution in [1.29, 1.82) is 0 Å². The molecule has 1 aromatic carbocycles. The molecule has 0 N–H and O–H groups in total. The molecule has 9 heteroatoms. The van der Waals surface area contributed by atoms with Crippen molar-refractivity contribution in [3.63, 3.8) is 0 Å². The van der Waals surface area contributed by atoms with Crippen LogP contribution in [0, 0.1) is 0 Å². The molecular weight excluding hydrogens is 399 g/mol. The van der Waals surface area contributed by atoms with E-state index in [4.69, 9.17) is 46.8 Å². The van der Waals surface area contributed by atoms with Crippen LogP contribution in [0.5, 0.6) is 11.5 Å². The van der Waals surface area contributed by atoms with Gasteiger partial charge in [-0.2, -0.15) is 12.6 Å². The van der Waals surface area contributed by atoms with E-state index in [0.29, 0.717) is 19.3 Å². The van der Waals surface area contributed by atoms with Crippen molar-refractivity contribution in [3.8, 4) is 11.5 Å². The molecule has 0 amide bonds. The lowest BCUT2D eigenvalue weighted by molar-refractivity contribution is 0.204. The highest BCUT2D eigenvalue weighted by Gasteiger charge is 2.37. The van der Waals surface area contributed by atoms with Crippen LogP contribution in [0.2, 0.25) is 18.6 Å². The second-order valence-corrected chi connectivity index (χ2v) is 18.3. The molecule has 0 saturated carbocycles. The van der Waals surface area contributed by atoms with Gasteiger partial charge in [-0.15, -0.1) is 33.2 Å². The fraction of sp³-hybridized carbons (Fsp3) is 0.538. The number of rotatable bonds is 7. The minimum Gasteiger partial charge on any atom is -0.520 e. The van der Waals surface area contributed by atoms with E-state index in [0.717, 1.165) is 35.3 Å². The first-order chi connectivity index (χ1) is 10.3. The smallest absolute Gasteiger partial charge is 0.395 e. The van der Waals surface area contributed by atoms with Crippen LogP contribution in [0.4, 0.5) is 0 Å². The Morgan fingerprint density at radius 1 is 1.36 bits per heavy atom. The standard InChI is InChI=1S/C13H19Cl3O3SSi2/c1-21(7-2-6-20)18-10-11-9-12(3-4-13(11)19-21)17-5-8-22(14,15)16/h3-4,9,20H,2,5-8,10H2,1H3. The Kier molecular flexibility index (Phi) is 6.83. The highest BCUT2D eigenvalue weighted by molar-refractivity contribution is 7.80. The molecule has 0 aliphatic carbocycles. The van der Waals surface area contributed by atoms with Gasteiger partial charge in [-0.1, -0.05) is 0 Å². The Hall–Kier alpha value is 0.434. The Labute approximate surface area is 153 Å². The molecule has 1 aromatic rings. The van der Waals surface area contributed by atoms with Gasteiger partial charge >= 0.3 is 14.6 Å². The summed E-state index contributed by atoms with van der Waals surface area (Å²) < 4.78 is 17.7. The van der Waals surface area contributed by atoms with Gasteiger partial charge in [0.2, 0.25) is 0 Å². The van der Waals surface area contributed by atoms with Crippen LogP contribution in [0.3, 0.4) is 0 Å². The SMILES string of the molecule is C[Si]1(CCCS)OCc2cc(OCC[Si](Cl)(Cl)Cl)ccc2O1. The summed E-state index contributed by atoms with van der Waals surface area (Å²) in [5.41, 5.74) is 1.000. The quantitative estimate of drug-likeness (QED) is 0.383. The number of fused-ring (bicyclic) bond motifs is 1. The van der Waals surface area contributed by atoms with Gasteiger partial charge < -0.3 is 13.6 Å². The second-order valence-electron chi connectivity index (χ2n) is 5.33. The lowest BCUT2D eigenvalue weighted by Crippen LogP contribution is -2.44. The van der Waals surface area contributed by atoms with E-state index in [9.17, 15) is 0 Å². The summed E-state index contributed by atoms with van der Waals surface area (Å²) in [5, 5.41) is 0. The van der Waals surface area contributed by atoms with Crippen LogP contribution in [0.25, 0.3) is 0 Å². The van der Waals surface area contributed by atoms with Crippen LogP contribution < -0.4 is 9.16 Å². The normalized spacial score (nSPS) is 21.1. The van der Waals surface area contributed by atoms with E-state index in [1.165, 1.54) is 0 Å². The third-order valence-electron chi connectivity index (χ3n) is 3.33. The molecule has 0 aromatic heterocycles. The summed E-state index contributed by atoms with van der Waals surface area (Å²) in [5.74, 6) is 2.49. The molecule has 0 fully saturated rings. The molecule has 2 rings (SSSR count). The maximum Gasteiger partial charge on any atom is 0.395 e. The molecule has 22 heavy (non-hydrogen) atoms. The van der Waals surface area contributed by atoms with Crippen molar-refractivity contribution in [2.45, 2.75) is 31.7 Å². The molecule has 1 aliphatic rings. The maximum atomic E-state index is 6.11. The Balaban J connectivity index is 1.96. The van der Waals surface area contributed by atoms with Crippen molar-refractivity contribution in [3.05, 3.63) is 23.8 Å². The number of ether oxygens (including phenoxy) is 1. The first-order valence-corrected chi connectivity index (χ1v) is 15.5. The number of thiol groups is 1. The average Bonchev–Trinajstić information content (AvgIpc) is 2.44. The third-order valence-corrected chi connectivity index (χ3v) is 8.79. The van der Waals surface area contributed by atoms with Crippen molar-refractivity contribution >= 4 is 60.4 Å². The Morgan fingerprint density at radius 3 is 2.82 bits per heavy atom. The van der Waals surface area contributed by atoms with Crippen LogP contribution in [0.15, 0.2) is 18.2 Å². The molecule has 0 spiro atoms. The fourth-order valence-electron chi connectivity index (χ4n) is 2.16. The van der Waals surface area contributed by atoms with E-state index in [2.05, 4.69) is 19.2 Å². The lowest BCUT2D eigenvalue weighted by Gasteiger charge is -2.33. The highest BCUT2D eigenvalue weighted by atomic mass is 35.8. The molecule has 0 bridgehead atoms. The number of hydrogen-bond acceptors (Lipinski definition) is 4. The van der Waals surface area contributed by atoms with Gasteiger partial charge in [0.25, 0.3) is 0 Å². The van der Waals surface area contributed by atoms with Crippen molar-refractivity contribution < 1.29 is 13.6 Å². The summed E-state index contributed by atoms with van der Waals surface area (Å²) in [6.07, 6.45) is 1.00. The molecule has 1 atom stereocenters. The summed E-state index contributed by atoms with van der Waals surface area (Å²) in [4.78, 5) is 0. The molecule has 124 valence electrons. The predicted octanol–water partition coefficient (Wildman–Crippen LogP) is 5.02. The van der Waals surface area contributed by atoms with E-state index >= 15 is 0 Å². The van der Waals surface area contributed by atoms with Gasteiger partial charge in [0.1, 0.15) is 11.5 Å². The molecule has 0 radical (unpaired) electrons. The highest BCUT2D eigenvalue weighted by Crippen LogP contribution is 2.34. The Morgan fingerprint density at radius 2 is 2.14 bits per heavy atom. The van der Waals surface area contributed by atoms with Gasteiger partial charge in [-0.05, 0) is 36.9 Å². The van der Waals surface area contributed by atoms with E-state index in [-0.39, 0.29) is 0 Å². The van der Waals surface area contributed by atoms with Crippen molar-refractivity contribution in [2.24, 2.45) is 0 Å². The van der Waals surface area contributed by atoms with Gasteiger partial charge in [0.15, 0.2) is 0 Å². The topological polar surface area (TPSA) is 27.7 Å². The summed E-state index contributed by atoms with van der Waals surface area (Å²) >= 11 is 21.8. The zero-order valence-electron chi connectivity index (χ0n) is 12.3. The average molecular weight is 418 g/mol. The number of benzene rings is 1. The van der Waals surface area contributed by atoms with Crippen LogP contribution >= 0.6 is 45.9 Å². The van der Waals surface area contributed by atoms with Gasteiger partial charge in [0, 0.05) is 17.7 Å². The van der Waals surface area contributed by atoms with Crippen LogP contribution in [0.1, 0.15) is 12.0 Å². The van der Waals surface area contributed by atoms with Gasteiger partial charge in [-0.25, -0.2) is 0 Å². The maximum absolute atomic E-state index is 6.11. The predicted molar refractivity (Wildman–Crippen MR) is 100 cm³/mol. The summed E-state index contributed by atoms with van der Waals surface area (Å²) in [7, 11) is -2.11. The van der Waals surface area contributed by atoms with Crippen LogP contribution in [-0.4, -0.2) is 26.9 Å². The van der Waals surface area contributed by atoms with Gasteiger partial charge in [0.05, 0.1) is 13.2 Å². The zero-order chi connectivity index (χ0) is 16.2. The first-order valence-electron chi connectivity index (χ1n) is 7.08. The third kappa shape index (κ3) is 5.81. The van der Waals surface area contributed by atoms with E-state index in [1.54, 1.807) is 0 Å². The van der Waals surface area contributed by atoms with Crippen molar-refractivity contribution in [1.82, 2.24) is 0 Å². The molecule has 3 nitrogen and oxygen atoms in total. The molecule has 1 heterocycles. The minimum atomic E-state index is -2.63. The monoisotopic (exact) mass is 416 g/mol. The molecular formula is C13H19Cl3O3SSi2. The Bertz CT molecular complexity index is 516. The largest absolute Gasteiger partial charge is 0.520 e. The molecule has 1 unspecified atom stereocenters. The molecule has 0 saturated heterocycles. The summed E-state index contributed by atoms with van der Waals surface area (Å²) in [6.45, 7) is 3.05. The number of hydrogen-bond donors (Lipinski definition) is 1. The van der Waals surface area contributed by atoms with E-state index < -0.39 is 14.6 Å². The van der Waals surface area contributed by atoms with Gasteiger partial charge in [-0.3, -0.25) is 0 Å². The zero-order valence-corrected chi connectivity index (χ0v) is 17.4. The van der Waals surface area contributed by atoms with Crippen LogP contribution in [-0.2, 0) is 11.0 Å². The summed E-state index contributed by atoms with van der Waals surface area (Å²) in [6, 6.07) is 4.54. The van der Waals surface area contributed by atoms with Crippen molar-refractivity contribution in [2.75, 3.05) is 12.4 Å². The van der Waals surface area contributed by atoms with E-state index in [1.807, 2.05) is 18.2 Å². The fourth-order valence-corrected chi connectivity index (χ4v) is 5.89. The second kappa shape index (κ2) is 8.01.